The van der Waals surface area contributed by atoms with Gasteiger partial charge in [0.05, 0.1) is 17.4 Å². The summed E-state index contributed by atoms with van der Waals surface area (Å²) in [6.07, 6.45) is 5.14. The molecule has 0 saturated heterocycles. The third-order valence-corrected chi connectivity index (χ3v) is 6.40. The van der Waals surface area contributed by atoms with E-state index in [1.165, 1.54) is 0 Å². The van der Waals surface area contributed by atoms with E-state index in [0.717, 1.165) is 33.3 Å². The standard InChI is InChI=1S/C32H23Cl2N3O2/c1-21-2-4-22(5-3-21)18-31(32(38)24-8-10-25(33)11-9-24)39-27-13-6-23(7-14-27)20-36-37-29-16-17-35-30-19-26(34)12-15-28(29)30/h2-20H,1H3,(H,35,37)/b31-18-,36-20+. The average Bonchev–Trinajstić information content (AvgIpc) is 2.94. The maximum atomic E-state index is 13.3. The number of ether oxygens (including phenoxy) is 1. The maximum Gasteiger partial charge on any atom is 0.228 e. The number of rotatable bonds is 8. The van der Waals surface area contributed by atoms with Crippen LogP contribution in [0.3, 0.4) is 0 Å². The molecule has 7 heteroatoms. The van der Waals surface area contributed by atoms with Crippen molar-refractivity contribution in [3.8, 4) is 5.75 Å². The van der Waals surface area contributed by atoms with E-state index in [-0.39, 0.29) is 11.5 Å². The molecule has 5 aromatic rings. The normalized spacial score (nSPS) is 11.6. The molecule has 0 radical (unpaired) electrons. The molecule has 4 aromatic carbocycles. The summed E-state index contributed by atoms with van der Waals surface area (Å²) >= 11 is 12.1. The molecule has 39 heavy (non-hydrogen) atoms. The van der Waals surface area contributed by atoms with Gasteiger partial charge < -0.3 is 4.74 Å². The van der Waals surface area contributed by atoms with Crippen molar-refractivity contribution in [2.24, 2.45) is 5.10 Å². The van der Waals surface area contributed by atoms with Gasteiger partial charge in [-0.05, 0) is 96.9 Å². The van der Waals surface area contributed by atoms with Gasteiger partial charge in [0.2, 0.25) is 5.78 Å². The number of carbonyl (C=O) groups excluding carboxylic acids is 1. The lowest BCUT2D eigenvalue weighted by Gasteiger charge is -2.11. The summed E-state index contributed by atoms with van der Waals surface area (Å²) in [5, 5.41) is 6.47. The fourth-order valence-corrected chi connectivity index (χ4v) is 4.14. The number of carbonyl (C=O) groups is 1. The van der Waals surface area contributed by atoms with Crippen LogP contribution in [-0.4, -0.2) is 17.0 Å². The van der Waals surface area contributed by atoms with E-state index in [2.05, 4.69) is 15.5 Å². The van der Waals surface area contributed by atoms with E-state index in [9.17, 15) is 4.79 Å². The highest BCUT2D eigenvalue weighted by molar-refractivity contribution is 6.31. The van der Waals surface area contributed by atoms with Gasteiger partial charge in [-0.3, -0.25) is 15.2 Å². The summed E-state index contributed by atoms with van der Waals surface area (Å²) in [5.74, 6) is 0.486. The van der Waals surface area contributed by atoms with E-state index in [0.29, 0.717) is 21.4 Å². The Morgan fingerprint density at radius 3 is 2.28 bits per heavy atom. The van der Waals surface area contributed by atoms with E-state index in [1.54, 1.807) is 54.9 Å². The van der Waals surface area contributed by atoms with Crippen LogP contribution >= 0.6 is 23.2 Å². The topological polar surface area (TPSA) is 63.6 Å². The second kappa shape index (κ2) is 11.9. The number of hydrazone groups is 1. The molecule has 5 rings (SSSR count). The van der Waals surface area contributed by atoms with Gasteiger partial charge in [0, 0.05) is 27.2 Å². The molecule has 0 fully saturated rings. The number of ketones is 1. The van der Waals surface area contributed by atoms with Crippen LogP contribution < -0.4 is 10.2 Å². The van der Waals surface area contributed by atoms with E-state index >= 15 is 0 Å². The van der Waals surface area contributed by atoms with Crippen LogP contribution in [0.4, 0.5) is 5.69 Å². The first kappa shape index (κ1) is 26.2. The molecule has 0 atom stereocenters. The number of allylic oxidation sites excluding steroid dienone is 1. The third kappa shape index (κ3) is 6.71. The van der Waals surface area contributed by atoms with E-state index < -0.39 is 0 Å². The quantitative estimate of drug-likeness (QED) is 0.0689. The number of halogens is 2. The molecule has 0 saturated carbocycles. The number of hydrogen-bond donors (Lipinski definition) is 1. The third-order valence-electron chi connectivity index (χ3n) is 5.92. The Kier molecular flexibility index (Phi) is 8.02. The van der Waals surface area contributed by atoms with Gasteiger partial charge in [-0.25, -0.2) is 0 Å². The number of pyridine rings is 1. The van der Waals surface area contributed by atoms with Gasteiger partial charge >= 0.3 is 0 Å². The Balaban J connectivity index is 1.33. The molecule has 192 valence electrons. The van der Waals surface area contributed by atoms with Crippen LogP contribution in [0.1, 0.15) is 27.0 Å². The molecule has 0 aliphatic heterocycles. The molecule has 0 aliphatic carbocycles. The van der Waals surface area contributed by atoms with Gasteiger partial charge in [0.1, 0.15) is 5.75 Å². The number of benzene rings is 4. The van der Waals surface area contributed by atoms with Crippen molar-refractivity contribution in [3.63, 3.8) is 0 Å². The predicted molar refractivity (Wildman–Crippen MR) is 160 cm³/mol. The lowest BCUT2D eigenvalue weighted by atomic mass is 10.1. The summed E-state index contributed by atoms with van der Waals surface area (Å²) < 4.78 is 6.08. The Hall–Kier alpha value is -4.45. The summed E-state index contributed by atoms with van der Waals surface area (Å²) in [6, 6.07) is 29.3. The molecule has 0 amide bonds. The molecule has 0 spiro atoms. The van der Waals surface area contributed by atoms with Gasteiger partial charge in [0.25, 0.3) is 0 Å². The fraction of sp³-hybridized carbons (Fsp3) is 0.0312. The minimum atomic E-state index is -0.243. The monoisotopic (exact) mass is 551 g/mol. The summed E-state index contributed by atoms with van der Waals surface area (Å²) in [4.78, 5) is 17.7. The van der Waals surface area contributed by atoms with Crippen LogP contribution in [0.5, 0.6) is 5.75 Å². The number of hydrogen-bond acceptors (Lipinski definition) is 5. The summed E-state index contributed by atoms with van der Waals surface area (Å²) in [5.41, 5.74) is 7.99. The number of nitrogens with zero attached hydrogens (tertiary/aromatic N) is 2. The number of anilines is 1. The lowest BCUT2D eigenvalue weighted by Crippen LogP contribution is -2.09. The van der Waals surface area contributed by atoms with Gasteiger partial charge in [-0.15, -0.1) is 0 Å². The summed E-state index contributed by atoms with van der Waals surface area (Å²) in [7, 11) is 0. The van der Waals surface area contributed by atoms with Gasteiger partial charge in [0.15, 0.2) is 5.76 Å². The van der Waals surface area contributed by atoms with Gasteiger partial charge in [-0.1, -0.05) is 53.0 Å². The first-order valence-corrected chi connectivity index (χ1v) is 12.9. The predicted octanol–water partition coefficient (Wildman–Crippen LogP) is 8.60. The van der Waals surface area contributed by atoms with Crippen molar-refractivity contribution in [3.05, 3.63) is 141 Å². The number of nitrogens with one attached hydrogen (secondary N) is 1. The van der Waals surface area contributed by atoms with Gasteiger partial charge in [-0.2, -0.15) is 5.10 Å². The zero-order valence-electron chi connectivity index (χ0n) is 20.9. The number of aromatic nitrogens is 1. The molecule has 1 heterocycles. The summed E-state index contributed by atoms with van der Waals surface area (Å²) in [6.45, 7) is 2.01. The average molecular weight is 552 g/mol. The Labute approximate surface area is 236 Å². The smallest absolute Gasteiger partial charge is 0.228 e. The minimum absolute atomic E-state index is 0.203. The number of fused-ring (bicyclic) bond motifs is 1. The highest BCUT2D eigenvalue weighted by Crippen LogP contribution is 2.25. The van der Waals surface area contributed by atoms with Crippen molar-refractivity contribution in [2.45, 2.75) is 6.92 Å². The van der Waals surface area contributed by atoms with Crippen molar-refractivity contribution in [1.82, 2.24) is 4.98 Å². The van der Waals surface area contributed by atoms with Crippen molar-refractivity contribution >= 4 is 57.9 Å². The van der Waals surface area contributed by atoms with E-state index in [1.807, 2.05) is 67.6 Å². The van der Waals surface area contributed by atoms with E-state index in [4.69, 9.17) is 27.9 Å². The zero-order valence-corrected chi connectivity index (χ0v) is 22.4. The number of Topliss-reactive ketones (excluding diaryl/α,β-unsaturated/α-hetero) is 1. The molecule has 0 unspecified atom stereocenters. The molecule has 1 aromatic heterocycles. The van der Waals surface area contributed by atoms with Crippen LogP contribution in [0.15, 0.2) is 114 Å². The second-order valence-corrected chi connectivity index (χ2v) is 9.69. The molecule has 5 nitrogen and oxygen atoms in total. The molecule has 0 bridgehead atoms. The Morgan fingerprint density at radius 2 is 1.54 bits per heavy atom. The molecular weight excluding hydrogens is 529 g/mol. The zero-order chi connectivity index (χ0) is 27.2. The molecular formula is C32H23Cl2N3O2. The van der Waals surface area contributed by atoms with Crippen molar-refractivity contribution in [1.29, 1.82) is 0 Å². The van der Waals surface area contributed by atoms with Crippen molar-refractivity contribution < 1.29 is 9.53 Å². The molecule has 0 aliphatic rings. The minimum Gasteiger partial charge on any atom is -0.453 e. The highest BCUT2D eigenvalue weighted by atomic mass is 35.5. The first-order chi connectivity index (χ1) is 18.9. The van der Waals surface area contributed by atoms with Crippen LogP contribution in [0.25, 0.3) is 17.0 Å². The fourth-order valence-electron chi connectivity index (χ4n) is 3.84. The Bertz CT molecular complexity index is 1680. The largest absolute Gasteiger partial charge is 0.453 e. The lowest BCUT2D eigenvalue weighted by molar-refractivity contribution is 0.0988. The number of aryl methyl sites for hydroxylation is 1. The van der Waals surface area contributed by atoms with Crippen molar-refractivity contribution in [2.75, 3.05) is 5.43 Å². The second-order valence-electron chi connectivity index (χ2n) is 8.82. The van der Waals surface area contributed by atoms with Crippen LogP contribution in [0, 0.1) is 6.92 Å². The Morgan fingerprint density at radius 1 is 0.846 bits per heavy atom. The molecule has 1 N–H and O–H groups in total. The first-order valence-electron chi connectivity index (χ1n) is 12.1. The SMILES string of the molecule is Cc1ccc(/C=C(\Oc2ccc(/C=N/Nc3ccnc4cc(Cl)ccc34)cc2)C(=O)c2ccc(Cl)cc2)cc1. The maximum absolute atomic E-state index is 13.3. The highest BCUT2D eigenvalue weighted by Gasteiger charge is 2.15. The van der Waals surface area contributed by atoms with Crippen LogP contribution in [-0.2, 0) is 0 Å². The van der Waals surface area contributed by atoms with Crippen LogP contribution in [0.2, 0.25) is 10.0 Å².